The highest BCUT2D eigenvalue weighted by Crippen LogP contribution is 2.43. The number of nitrogens with one attached hydrogen (secondary N) is 1. The Bertz CT molecular complexity index is 1500. The van der Waals surface area contributed by atoms with Gasteiger partial charge >= 0.3 is 0 Å². The zero-order chi connectivity index (χ0) is 24.7. The number of hydrogen-bond donors (Lipinski definition) is 1. The smallest absolute Gasteiger partial charge is 0.261 e. The second-order valence-corrected chi connectivity index (χ2v) is 10.8. The minimum atomic E-state index is -3.81. The molecule has 1 fully saturated rings. The monoisotopic (exact) mass is 502 g/mol. The topological polar surface area (TPSA) is 119 Å². The molecule has 0 amide bonds. The Morgan fingerprint density at radius 1 is 1.08 bits per heavy atom. The molecule has 2 aliphatic rings. The van der Waals surface area contributed by atoms with Crippen molar-refractivity contribution in [1.29, 1.82) is 0 Å². The van der Waals surface area contributed by atoms with E-state index in [0.717, 1.165) is 36.6 Å². The van der Waals surface area contributed by atoms with Gasteiger partial charge in [-0.25, -0.2) is 18.4 Å². The second kappa shape index (κ2) is 8.98. The lowest BCUT2D eigenvalue weighted by molar-refractivity contribution is 0.469. The highest BCUT2D eigenvalue weighted by atomic mass is 32.2. The van der Waals surface area contributed by atoms with Crippen LogP contribution in [0.3, 0.4) is 0 Å². The molecule has 0 saturated heterocycles. The maximum Gasteiger partial charge on any atom is 0.261 e. The number of anilines is 2. The van der Waals surface area contributed by atoms with Gasteiger partial charge in [0.05, 0.1) is 29.0 Å². The van der Waals surface area contributed by atoms with Gasteiger partial charge in [0.1, 0.15) is 12.0 Å². The molecular weight excluding hydrogens is 476 g/mol. The quantitative estimate of drug-likeness (QED) is 0.418. The fraction of sp³-hybridized carbons (Fsp3) is 0.320. The van der Waals surface area contributed by atoms with Crippen molar-refractivity contribution in [2.75, 3.05) is 9.62 Å². The highest BCUT2D eigenvalue weighted by Gasteiger charge is 2.38. The number of hydrogen-bond acceptors (Lipinski definition) is 8. The zero-order valence-electron chi connectivity index (χ0n) is 19.8. The molecule has 10 nitrogen and oxygen atoms in total. The summed E-state index contributed by atoms with van der Waals surface area (Å²) in [5, 5.41) is 8.60. The molecule has 1 atom stereocenters. The van der Waals surface area contributed by atoms with E-state index in [0.29, 0.717) is 23.1 Å². The van der Waals surface area contributed by atoms with Gasteiger partial charge < -0.3 is 4.90 Å². The van der Waals surface area contributed by atoms with Crippen LogP contribution < -0.4 is 9.62 Å². The van der Waals surface area contributed by atoms with Crippen LogP contribution in [0.4, 0.5) is 11.5 Å². The first-order valence-electron chi connectivity index (χ1n) is 12.1. The van der Waals surface area contributed by atoms with E-state index in [1.807, 2.05) is 4.57 Å². The lowest BCUT2D eigenvalue weighted by Gasteiger charge is -2.40. The van der Waals surface area contributed by atoms with Crippen LogP contribution in [0.1, 0.15) is 50.9 Å². The van der Waals surface area contributed by atoms with Gasteiger partial charge in [-0.15, -0.1) is 10.2 Å². The Kier molecular flexibility index (Phi) is 5.63. The summed E-state index contributed by atoms with van der Waals surface area (Å²) < 4.78 is 30.7. The number of pyridine rings is 1. The molecule has 6 rings (SSSR count). The molecule has 36 heavy (non-hydrogen) atoms. The van der Waals surface area contributed by atoms with Gasteiger partial charge in [-0.1, -0.05) is 38.0 Å². The van der Waals surface area contributed by atoms with Crippen LogP contribution in [0, 0.1) is 0 Å². The van der Waals surface area contributed by atoms with Crippen LogP contribution in [0.5, 0.6) is 0 Å². The van der Waals surface area contributed by atoms with Crippen LogP contribution in [-0.2, 0) is 10.0 Å². The highest BCUT2D eigenvalue weighted by molar-refractivity contribution is 7.92. The Labute approximate surface area is 209 Å². The molecule has 3 aromatic heterocycles. The van der Waals surface area contributed by atoms with Crippen LogP contribution in [0.25, 0.3) is 17.1 Å². The van der Waals surface area contributed by atoms with E-state index in [4.69, 9.17) is 4.98 Å². The maximum absolute atomic E-state index is 13.0. The molecule has 1 aliphatic heterocycles. The van der Waals surface area contributed by atoms with Gasteiger partial charge in [0.2, 0.25) is 0 Å². The Hall–Kier alpha value is -3.86. The number of nitrogens with zero attached hydrogens (tertiary/aromatic N) is 7. The fourth-order valence-corrected chi connectivity index (χ4v) is 6.33. The lowest BCUT2D eigenvalue weighted by atomic mass is 10.0. The number of benzene rings is 1. The third-order valence-electron chi connectivity index (χ3n) is 6.93. The van der Waals surface area contributed by atoms with Gasteiger partial charge in [-0.3, -0.25) is 14.3 Å². The molecule has 184 valence electrons. The number of aromatic nitrogens is 6. The van der Waals surface area contributed by atoms with E-state index >= 15 is 0 Å². The van der Waals surface area contributed by atoms with E-state index in [-0.39, 0.29) is 10.9 Å². The summed E-state index contributed by atoms with van der Waals surface area (Å²) in [5.41, 5.74) is 1.71. The lowest BCUT2D eigenvalue weighted by Crippen LogP contribution is -2.42. The SMILES string of the molecule is CC[C@@H]1c2nncn2-c2cnc(-c3ccncc3NS(=O)(=O)c3ccccc3)nc2N1C1CCCC1. The van der Waals surface area contributed by atoms with Crippen molar-refractivity contribution in [3.8, 4) is 17.1 Å². The van der Waals surface area contributed by atoms with Crippen molar-refractivity contribution in [1.82, 2.24) is 29.7 Å². The normalized spacial score (nSPS) is 17.6. The first kappa shape index (κ1) is 22.6. The van der Waals surface area contributed by atoms with E-state index in [1.54, 1.807) is 55.1 Å². The summed E-state index contributed by atoms with van der Waals surface area (Å²) in [5.74, 6) is 2.14. The summed E-state index contributed by atoms with van der Waals surface area (Å²) >= 11 is 0. The third kappa shape index (κ3) is 3.79. The first-order chi connectivity index (χ1) is 17.6. The molecule has 0 bridgehead atoms. The average Bonchev–Trinajstić information content (AvgIpc) is 3.61. The molecule has 1 N–H and O–H groups in total. The Balaban J connectivity index is 1.45. The van der Waals surface area contributed by atoms with Gasteiger partial charge in [-0.2, -0.15) is 0 Å². The van der Waals surface area contributed by atoms with E-state index < -0.39 is 10.0 Å². The first-order valence-corrected chi connectivity index (χ1v) is 13.6. The third-order valence-corrected chi connectivity index (χ3v) is 8.31. The van der Waals surface area contributed by atoms with Crippen molar-refractivity contribution in [2.45, 2.75) is 56.0 Å². The van der Waals surface area contributed by atoms with Crippen LogP contribution in [0.2, 0.25) is 0 Å². The standard InChI is InChI=1S/C25H26N8O2S/c1-2-21-25-30-28-16-32(25)22-15-27-23(29-24(22)33(21)17-8-6-7-9-17)19-12-13-26-14-20(19)31-36(34,35)18-10-4-3-5-11-18/h3-5,10-17,21,31H,2,6-9H2,1H3/t21-/m1/s1. The van der Waals surface area contributed by atoms with Gasteiger partial charge in [0, 0.05) is 17.8 Å². The van der Waals surface area contributed by atoms with E-state index in [1.165, 1.54) is 19.0 Å². The fourth-order valence-electron chi connectivity index (χ4n) is 5.25. The van der Waals surface area contributed by atoms with Crippen molar-refractivity contribution in [3.05, 3.63) is 67.1 Å². The molecular formula is C25H26N8O2S. The molecule has 1 aliphatic carbocycles. The number of sulfonamides is 1. The molecule has 1 aromatic carbocycles. The predicted octanol–water partition coefficient (Wildman–Crippen LogP) is 4.13. The van der Waals surface area contributed by atoms with Gasteiger partial charge in [0.15, 0.2) is 17.5 Å². The maximum atomic E-state index is 13.0. The summed E-state index contributed by atoms with van der Waals surface area (Å²) in [6.07, 6.45) is 12.0. The van der Waals surface area contributed by atoms with Crippen molar-refractivity contribution in [2.24, 2.45) is 0 Å². The Morgan fingerprint density at radius 2 is 1.89 bits per heavy atom. The van der Waals surface area contributed by atoms with Gasteiger partial charge in [0.25, 0.3) is 10.0 Å². The molecule has 0 unspecified atom stereocenters. The summed E-state index contributed by atoms with van der Waals surface area (Å²) in [7, 11) is -3.81. The van der Waals surface area contributed by atoms with Crippen molar-refractivity contribution >= 4 is 21.5 Å². The molecule has 4 heterocycles. The largest absolute Gasteiger partial charge is 0.342 e. The molecule has 0 spiro atoms. The minimum Gasteiger partial charge on any atom is -0.342 e. The van der Waals surface area contributed by atoms with E-state index in [9.17, 15) is 8.42 Å². The molecule has 1 saturated carbocycles. The van der Waals surface area contributed by atoms with Crippen LogP contribution in [-0.4, -0.2) is 44.2 Å². The second-order valence-electron chi connectivity index (χ2n) is 9.07. The average molecular weight is 503 g/mol. The van der Waals surface area contributed by atoms with Crippen molar-refractivity contribution < 1.29 is 8.42 Å². The van der Waals surface area contributed by atoms with Crippen molar-refractivity contribution in [3.63, 3.8) is 0 Å². The van der Waals surface area contributed by atoms with Crippen LogP contribution in [0.15, 0.2) is 66.2 Å². The summed E-state index contributed by atoms with van der Waals surface area (Å²) in [6.45, 7) is 2.15. The molecule has 11 heteroatoms. The predicted molar refractivity (Wildman–Crippen MR) is 135 cm³/mol. The summed E-state index contributed by atoms with van der Waals surface area (Å²) in [6, 6.07) is 10.4. The zero-order valence-corrected chi connectivity index (χ0v) is 20.6. The summed E-state index contributed by atoms with van der Waals surface area (Å²) in [4.78, 5) is 16.4. The van der Waals surface area contributed by atoms with Crippen LogP contribution >= 0.6 is 0 Å². The van der Waals surface area contributed by atoms with Gasteiger partial charge in [-0.05, 0) is 37.5 Å². The van der Waals surface area contributed by atoms with E-state index in [2.05, 4.69) is 36.7 Å². The number of rotatable bonds is 6. The molecule has 0 radical (unpaired) electrons. The minimum absolute atomic E-state index is 0.0549. The molecule has 4 aromatic rings. The Morgan fingerprint density at radius 3 is 2.67 bits per heavy atom. The number of fused-ring (bicyclic) bond motifs is 3.